The fourth-order valence-electron chi connectivity index (χ4n) is 3.42. The minimum Gasteiger partial charge on any atom is -0.444 e. The fraction of sp³-hybridized carbons (Fsp3) is 0.455. The molecule has 1 amide bonds. The highest BCUT2D eigenvalue weighted by atomic mass is 79.9. The van der Waals surface area contributed by atoms with Crippen molar-refractivity contribution in [3.05, 3.63) is 58.3 Å². The normalized spacial score (nSPS) is 18.0. The van der Waals surface area contributed by atoms with Crippen molar-refractivity contribution in [2.45, 2.75) is 50.9 Å². The molecule has 1 aliphatic heterocycles. The van der Waals surface area contributed by atoms with Crippen LogP contribution in [0.15, 0.2) is 47.1 Å². The molecule has 1 aliphatic rings. The fourth-order valence-corrected chi connectivity index (χ4v) is 3.66. The van der Waals surface area contributed by atoms with Crippen molar-refractivity contribution in [1.29, 1.82) is 0 Å². The number of likely N-dealkylation sites (tertiary alicyclic amines) is 1. The standard InChI is InChI=1S/C22H25BrF3N3O2/c1-21(2,3)31-20(30)29-11-10-15(13-29)14-4-7-17(8-5-14)28-19(22(24,25)26)18-9-6-16(23)12-27-18/h4-9,12,15,19,28H,10-11,13H2,1-3H3/t15-,19+/m1/s1. The molecule has 1 aromatic carbocycles. The lowest BCUT2D eigenvalue weighted by atomic mass is 9.98. The zero-order chi connectivity index (χ0) is 22.8. The van der Waals surface area contributed by atoms with Gasteiger partial charge in [0.15, 0.2) is 6.04 Å². The quantitative estimate of drug-likeness (QED) is 0.537. The van der Waals surface area contributed by atoms with E-state index in [9.17, 15) is 18.0 Å². The Hall–Kier alpha value is -2.29. The van der Waals surface area contributed by atoms with E-state index in [0.717, 1.165) is 12.0 Å². The van der Waals surface area contributed by atoms with Crippen molar-refractivity contribution < 1.29 is 22.7 Å². The van der Waals surface area contributed by atoms with Gasteiger partial charge in [0.25, 0.3) is 0 Å². The molecule has 0 unspecified atom stereocenters. The third-order valence-corrected chi connectivity index (χ3v) is 5.38. The molecule has 2 heterocycles. The number of nitrogens with one attached hydrogen (secondary N) is 1. The SMILES string of the molecule is CC(C)(C)OC(=O)N1CC[C@@H](c2ccc(N[C@@H](c3ccc(Br)cn3)C(F)(F)F)cc2)C1. The lowest BCUT2D eigenvalue weighted by molar-refractivity contribution is -0.144. The van der Waals surface area contributed by atoms with Gasteiger partial charge < -0.3 is 15.0 Å². The van der Waals surface area contributed by atoms with Crippen LogP contribution in [-0.2, 0) is 4.74 Å². The Morgan fingerprint density at radius 2 is 1.87 bits per heavy atom. The molecule has 2 aromatic rings. The van der Waals surface area contributed by atoms with Gasteiger partial charge in [-0.05, 0) is 73.0 Å². The van der Waals surface area contributed by atoms with Crippen LogP contribution in [-0.4, -0.2) is 40.8 Å². The topological polar surface area (TPSA) is 54.5 Å². The van der Waals surface area contributed by atoms with Crippen LogP contribution in [0, 0.1) is 0 Å². The van der Waals surface area contributed by atoms with E-state index in [1.54, 1.807) is 29.2 Å². The van der Waals surface area contributed by atoms with E-state index >= 15 is 0 Å². The van der Waals surface area contributed by atoms with E-state index in [1.165, 1.54) is 18.3 Å². The summed E-state index contributed by atoms with van der Waals surface area (Å²) in [6.07, 6.45) is -2.72. The first-order chi connectivity index (χ1) is 14.4. The first kappa shape index (κ1) is 23.4. The number of hydrogen-bond acceptors (Lipinski definition) is 4. The summed E-state index contributed by atoms with van der Waals surface area (Å²) in [5.41, 5.74) is 0.657. The highest BCUT2D eigenvalue weighted by molar-refractivity contribution is 9.10. The van der Waals surface area contributed by atoms with Crippen molar-refractivity contribution in [2.24, 2.45) is 0 Å². The summed E-state index contributed by atoms with van der Waals surface area (Å²) in [4.78, 5) is 17.8. The third kappa shape index (κ3) is 6.35. The van der Waals surface area contributed by atoms with Gasteiger partial charge in [0.1, 0.15) is 5.60 Å². The number of ether oxygens (including phenoxy) is 1. The number of alkyl halides is 3. The lowest BCUT2D eigenvalue weighted by Crippen LogP contribution is -2.35. The average molecular weight is 500 g/mol. The lowest BCUT2D eigenvalue weighted by Gasteiger charge is -2.24. The molecule has 0 bridgehead atoms. The number of anilines is 1. The van der Waals surface area contributed by atoms with Crippen LogP contribution < -0.4 is 5.32 Å². The van der Waals surface area contributed by atoms with E-state index in [1.807, 2.05) is 20.8 Å². The number of hydrogen-bond donors (Lipinski definition) is 1. The van der Waals surface area contributed by atoms with E-state index in [0.29, 0.717) is 23.2 Å². The smallest absolute Gasteiger partial charge is 0.414 e. The molecule has 1 fully saturated rings. The van der Waals surface area contributed by atoms with E-state index in [2.05, 4.69) is 26.2 Å². The van der Waals surface area contributed by atoms with Crippen LogP contribution in [0.4, 0.5) is 23.7 Å². The number of benzene rings is 1. The number of rotatable bonds is 4. The molecular formula is C22H25BrF3N3O2. The molecule has 168 valence electrons. The molecule has 9 heteroatoms. The average Bonchev–Trinajstić information content (AvgIpc) is 3.16. The maximum absolute atomic E-state index is 13.6. The Labute approximate surface area is 188 Å². The number of halogens is 4. The first-order valence-corrected chi connectivity index (χ1v) is 10.7. The van der Waals surface area contributed by atoms with Gasteiger partial charge in [0, 0.05) is 35.4 Å². The summed E-state index contributed by atoms with van der Waals surface area (Å²) >= 11 is 3.18. The van der Waals surface area contributed by atoms with Gasteiger partial charge >= 0.3 is 12.3 Å². The van der Waals surface area contributed by atoms with Crippen LogP contribution >= 0.6 is 15.9 Å². The predicted octanol–water partition coefficient (Wildman–Crippen LogP) is 6.28. The molecule has 5 nitrogen and oxygen atoms in total. The largest absolute Gasteiger partial charge is 0.444 e. The van der Waals surface area contributed by atoms with E-state index in [4.69, 9.17) is 4.74 Å². The minimum atomic E-state index is -4.50. The number of carbonyl (C=O) groups is 1. The van der Waals surface area contributed by atoms with Crippen LogP contribution in [0.2, 0.25) is 0 Å². The molecule has 31 heavy (non-hydrogen) atoms. The Morgan fingerprint density at radius 3 is 2.42 bits per heavy atom. The zero-order valence-corrected chi connectivity index (χ0v) is 19.1. The molecule has 2 atom stereocenters. The van der Waals surface area contributed by atoms with E-state index in [-0.39, 0.29) is 17.7 Å². The Balaban J connectivity index is 1.67. The monoisotopic (exact) mass is 499 g/mol. The van der Waals surface area contributed by atoms with Crippen LogP contribution in [0.1, 0.15) is 50.4 Å². The molecular weight excluding hydrogens is 475 g/mol. The summed E-state index contributed by atoms with van der Waals surface area (Å²) < 4.78 is 46.8. The van der Waals surface area contributed by atoms with Gasteiger partial charge in [-0.2, -0.15) is 13.2 Å². The van der Waals surface area contributed by atoms with Crippen molar-refractivity contribution in [3.8, 4) is 0 Å². The third-order valence-electron chi connectivity index (χ3n) is 4.91. The molecule has 3 rings (SSSR count). The first-order valence-electron chi connectivity index (χ1n) is 9.95. The minimum absolute atomic E-state index is 0.108. The Morgan fingerprint density at radius 1 is 1.19 bits per heavy atom. The zero-order valence-electron chi connectivity index (χ0n) is 17.5. The number of aromatic nitrogens is 1. The molecule has 1 N–H and O–H groups in total. The number of carbonyl (C=O) groups excluding carboxylic acids is 1. The van der Waals surface area contributed by atoms with Crippen molar-refractivity contribution >= 4 is 27.7 Å². The molecule has 0 aliphatic carbocycles. The summed E-state index contributed by atoms with van der Waals surface area (Å²) in [7, 11) is 0. The second-order valence-corrected chi connectivity index (χ2v) is 9.47. The van der Waals surface area contributed by atoms with Gasteiger partial charge in [-0.1, -0.05) is 12.1 Å². The maximum Gasteiger partial charge on any atom is 0.414 e. The Kier molecular flexibility index (Phi) is 6.83. The summed E-state index contributed by atoms with van der Waals surface area (Å²) in [6, 6.07) is 7.81. The van der Waals surface area contributed by atoms with Crippen molar-refractivity contribution in [3.63, 3.8) is 0 Å². The number of nitrogens with zero attached hydrogens (tertiary/aromatic N) is 2. The van der Waals surface area contributed by atoms with Crippen LogP contribution in [0.3, 0.4) is 0 Å². The maximum atomic E-state index is 13.6. The highest BCUT2D eigenvalue weighted by Gasteiger charge is 2.42. The van der Waals surface area contributed by atoms with Gasteiger partial charge in [-0.3, -0.25) is 4.98 Å². The number of amides is 1. The molecule has 1 saturated heterocycles. The molecule has 0 radical (unpaired) electrons. The Bertz CT molecular complexity index is 896. The second-order valence-electron chi connectivity index (χ2n) is 8.55. The van der Waals surface area contributed by atoms with Gasteiger partial charge in [-0.25, -0.2) is 4.79 Å². The molecule has 1 aromatic heterocycles. The highest BCUT2D eigenvalue weighted by Crippen LogP contribution is 2.36. The van der Waals surface area contributed by atoms with Crippen molar-refractivity contribution in [1.82, 2.24) is 9.88 Å². The van der Waals surface area contributed by atoms with Crippen molar-refractivity contribution in [2.75, 3.05) is 18.4 Å². The van der Waals surface area contributed by atoms with Gasteiger partial charge in [0.2, 0.25) is 0 Å². The van der Waals surface area contributed by atoms with Gasteiger partial charge in [0.05, 0.1) is 5.69 Å². The second kappa shape index (κ2) is 9.06. The predicted molar refractivity (Wildman–Crippen MR) is 116 cm³/mol. The van der Waals surface area contributed by atoms with Crippen LogP contribution in [0.25, 0.3) is 0 Å². The molecule has 0 saturated carbocycles. The van der Waals surface area contributed by atoms with Crippen LogP contribution in [0.5, 0.6) is 0 Å². The van der Waals surface area contributed by atoms with Gasteiger partial charge in [-0.15, -0.1) is 0 Å². The summed E-state index contributed by atoms with van der Waals surface area (Å²) in [5, 5.41) is 2.54. The molecule has 0 spiro atoms. The summed E-state index contributed by atoms with van der Waals surface area (Å²) in [6.45, 7) is 6.58. The summed E-state index contributed by atoms with van der Waals surface area (Å²) in [5.74, 6) is 0.119. The van der Waals surface area contributed by atoms with E-state index < -0.39 is 17.8 Å². The number of pyridine rings is 1.